The molecule has 1 aromatic heterocycles. The Hall–Kier alpha value is -2.36. The lowest BCUT2D eigenvalue weighted by atomic mass is 10.3. The maximum atomic E-state index is 11.7. The van der Waals surface area contributed by atoms with Crippen LogP contribution in [0.1, 0.15) is 10.6 Å². The van der Waals surface area contributed by atoms with Gasteiger partial charge in [-0.3, -0.25) is 14.4 Å². The number of carbonyl (C=O) groups excluding carboxylic acids is 3. The fourth-order valence-electron chi connectivity index (χ4n) is 1.61. The number of rotatable bonds is 6. The van der Waals surface area contributed by atoms with E-state index in [-0.39, 0.29) is 12.3 Å². The van der Waals surface area contributed by atoms with Crippen molar-refractivity contribution in [3.05, 3.63) is 52.0 Å². The zero-order valence-corrected chi connectivity index (χ0v) is 14.0. The van der Waals surface area contributed by atoms with Crippen molar-refractivity contribution in [2.45, 2.75) is 0 Å². The number of esters is 1. The molecular weight excluding hydrogens is 415 g/mol. The summed E-state index contributed by atoms with van der Waals surface area (Å²) in [5.41, 5.74) is 0.615. The molecule has 2 rings (SSSR count). The number of furan rings is 1. The smallest absolute Gasteiger partial charge is 0.325 e. The summed E-state index contributed by atoms with van der Waals surface area (Å²) in [6.07, 6.45) is 1.35. The van der Waals surface area contributed by atoms with E-state index in [2.05, 4.69) is 33.2 Å². The van der Waals surface area contributed by atoms with E-state index < -0.39 is 24.4 Å². The lowest BCUT2D eigenvalue weighted by Crippen LogP contribution is -2.32. The topological polar surface area (TPSA) is 97.6 Å². The Labute approximate surface area is 145 Å². The van der Waals surface area contributed by atoms with Gasteiger partial charge < -0.3 is 19.8 Å². The van der Waals surface area contributed by atoms with Gasteiger partial charge in [-0.15, -0.1) is 0 Å². The second kappa shape index (κ2) is 8.32. The van der Waals surface area contributed by atoms with Crippen LogP contribution in [-0.2, 0) is 14.3 Å². The van der Waals surface area contributed by atoms with Crippen LogP contribution in [0.3, 0.4) is 0 Å². The van der Waals surface area contributed by atoms with Gasteiger partial charge in [-0.1, -0.05) is 6.07 Å². The Bertz CT molecular complexity index is 700. The maximum absolute atomic E-state index is 11.7. The van der Waals surface area contributed by atoms with Crippen LogP contribution >= 0.6 is 22.6 Å². The first kappa shape index (κ1) is 17.0. The molecule has 0 unspecified atom stereocenters. The lowest BCUT2D eigenvalue weighted by Gasteiger charge is -2.07. The highest BCUT2D eigenvalue weighted by atomic mass is 127. The molecule has 0 aliphatic heterocycles. The number of carbonyl (C=O) groups is 3. The van der Waals surface area contributed by atoms with Crippen molar-refractivity contribution < 1.29 is 23.5 Å². The zero-order valence-electron chi connectivity index (χ0n) is 11.9. The van der Waals surface area contributed by atoms with E-state index in [4.69, 9.17) is 9.15 Å². The Balaban J connectivity index is 1.69. The first-order valence-electron chi connectivity index (χ1n) is 6.57. The van der Waals surface area contributed by atoms with Crippen LogP contribution in [0.5, 0.6) is 0 Å². The minimum atomic E-state index is -0.720. The molecule has 8 heteroatoms. The third kappa shape index (κ3) is 5.74. The van der Waals surface area contributed by atoms with Crippen LogP contribution in [0.4, 0.5) is 5.69 Å². The number of halogens is 1. The summed E-state index contributed by atoms with van der Waals surface area (Å²) in [5.74, 6) is -1.62. The fourth-order valence-corrected chi connectivity index (χ4v) is 2.15. The standard InChI is InChI=1S/C15H13IN2O5/c16-10-3-1-4-11(7-10)18-13(19)9-23-14(20)8-17-15(21)12-5-2-6-22-12/h1-7H,8-9H2,(H,17,21)(H,18,19). The molecular formula is C15H13IN2O5. The molecule has 23 heavy (non-hydrogen) atoms. The van der Waals surface area contributed by atoms with Gasteiger partial charge in [0.15, 0.2) is 12.4 Å². The Morgan fingerprint density at radius 2 is 2.00 bits per heavy atom. The minimum Gasteiger partial charge on any atom is -0.459 e. The van der Waals surface area contributed by atoms with Crippen molar-refractivity contribution in [1.82, 2.24) is 5.32 Å². The molecule has 0 saturated heterocycles. The van der Waals surface area contributed by atoms with Gasteiger partial charge in [0.05, 0.1) is 6.26 Å². The molecule has 0 aliphatic carbocycles. The summed E-state index contributed by atoms with van der Waals surface area (Å²) in [5, 5.41) is 4.93. The summed E-state index contributed by atoms with van der Waals surface area (Å²) in [4.78, 5) is 34.7. The van der Waals surface area contributed by atoms with Gasteiger partial charge in [0.1, 0.15) is 6.54 Å². The molecule has 0 radical (unpaired) electrons. The molecule has 0 atom stereocenters. The maximum Gasteiger partial charge on any atom is 0.325 e. The number of anilines is 1. The Kier molecular flexibility index (Phi) is 6.15. The van der Waals surface area contributed by atoms with Crippen molar-refractivity contribution in [2.75, 3.05) is 18.5 Å². The lowest BCUT2D eigenvalue weighted by molar-refractivity contribution is -0.146. The quantitative estimate of drug-likeness (QED) is 0.540. The molecule has 2 N–H and O–H groups in total. The highest BCUT2D eigenvalue weighted by Crippen LogP contribution is 2.12. The van der Waals surface area contributed by atoms with E-state index >= 15 is 0 Å². The number of ether oxygens (including phenoxy) is 1. The molecule has 0 saturated carbocycles. The second-order valence-electron chi connectivity index (χ2n) is 4.38. The van der Waals surface area contributed by atoms with Crippen LogP contribution in [0.25, 0.3) is 0 Å². The van der Waals surface area contributed by atoms with E-state index in [1.165, 1.54) is 12.3 Å². The van der Waals surface area contributed by atoms with Crippen molar-refractivity contribution >= 4 is 46.1 Å². The molecule has 0 aliphatic rings. The summed E-state index contributed by atoms with van der Waals surface area (Å²) in [6, 6.07) is 10.2. The van der Waals surface area contributed by atoms with Crippen LogP contribution in [0.15, 0.2) is 47.1 Å². The second-order valence-corrected chi connectivity index (χ2v) is 5.62. The van der Waals surface area contributed by atoms with Crippen molar-refractivity contribution in [1.29, 1.82) is 0 Å². The molecule has 1 heterocycles. The molecule has 1 aromatic carbocycles. The third-order valence-electron chi connectivity index (χ3n) is 2.61. The minimum absolute atomic E-state index is 0.0919. The largest absolute Gasteiger partial charge is 0.459 e. The van der Waals surface area contributed by atoms with E-state index in [9.17, 15) is 14.4 Å². The average molecular weight is 428 g/mol. The summed E-state index contributed by atoms with van der Waals surface area (Å²) in [6.45, 7) is -0.781. The third-order valence-corrected chi connectivity index (χ3v) is 3.28. The van der Waals surface area contributed by atoms with Gasteiger partial charge >= 0.3 is 5.97 Å². The first-order chi connectivity index (χ1) is 11.0. The number of nitrogens with one attached hydrogen (secondary N) is 2. The molecule has 2 amide bonds. The van der Waals surface area contributed by atoms with E-state index in [1.807, 2.05) is 6.07 Å². The van der Waals surface area contributed by atoms with Gasteiger partial charge in [0.2, 0.25) is 0 Å². The van der Waals surface area contributed by atoms with Crippen molar-refractivity contribution in [3.8, 4) is 0 Å². The first-order valence-corrected chi connectivity index (χ1v) is 7.65. The summed E-state index contributed by atoms with van der Waals surface area (Å²) < 4.78 is 10.6. The number of hydrogen-bond acceptors (Lipinski definition) is 5. The molecule has 120 valence electrons. The van der Waals surface area contributed by atoms with Crippen LogP contribution in [0, 0.1) is 3.57 Å². The van der Waals surface area contributed by atoms with Gasteiger partial charge in [-0.05, 0) is 52.9 Å². The highest BCUT2D eigenvalue weighted by Gasteiger charge is 2.12. The van der Waals surface area contributed by atoms with E-state index in [1.54, 1.807) is 24.3 Å². The van der Waals surface area contributed by atoms with Crippen LogP contribution < -0.4 is 10.6 Å². The Morgan fingerprint density at radius 3 is 2.70 bits per heavy atom. The zero-order chi connectivity index (χ0) is 16.7. The van der Waals surface area contributed by atoms with Gasteiger partial charge in [0, 0.05) is 9.26 Å². The van der Waals surface area contributed by atoms with E-state index in [0.29, 0.717) is 5.69 Å². The van der Waals surface area contributed by atoms with Crippen LogP contribution in [-0.4, -0.2) is 30.9 Å². The fraction of sp³-hybridized carbons (Fsp3) is 0.133. The van der Waals surface area contributed by atoms with Gasteiger partial charge in [0.25, 0.3) is 11.8 Å². The summed E-state index contributed by atoms with van der Waals surface area (Å²) in [7, 11) is 0. The van der Waals surface area contributed by atoms with Crippen LogP contribution in [0.2, 0.25) is 0 Å². The number of amides is 2. The summed E-state index contributed by atoms with van der Waals surface area (Å²) >= 11 is 2.12. The predicted molar refractivity (Wildman–Crippen MR) is 89.8 cm³/mol. The molecule has 7 nitrogen and oxygen atoms in total. The molecule has 0 spiro atoms. The van der Waals surface area contributed by atoms with Crippen molar-refractivity contribution in [2.24, 2.45) is 0 Å². The van der Waals surface area contributed by atoms with Crippen molar-refractivity contribution in [3.63, 3.8) is 0 Å². The monoisotopic (exact) mass is 428 g/mol. The highest BCUT2D eigenvalue weighted by molar-refractivity contribution is 14.1. The predicted octanol–water partition coefficient (Wildman–Crippen LogP) is 1.80. The number of hydrogen-bond donors (Lipinski definition) is 2. The SMILES string of the molecule is O=C(COC(=O)CNC(=O)c1ccco1)Nc1cccc(I)c1. The van der Waals surface area contributed by atoms with Gasteiger partial charge in [-0.2, -0.15) is 0 Å². The Morgan fingerprint density at radius 1 is 1.17 bits per heavy atom. The van der Waals surface area contributed by atoms with E-state index in [0.717, 1.165) is 3.57 Å². The average Bonchev–Trinajstić information content (AvgIpc) is 3.05. The molecule has 2 aromatic rings. The molecule has 0 fully saturated rings. The molecule has 0 bridgehead atoms. The number of benzene rings is 1. The van der Waals surface area contributed by atoms with Gasteiger partial charge in [-0.25, -0.2) is 0 Å². The normalized spacial score (nSPS) is 9.96.